The van der Waals surface area contributed by atoms with E-state index in [0.717, 1.165) is 16.7 Å². The summed E-state index contributed by atoms with van der Waals surface area (Å²) < 4.78 is 0. The lowest BCUT2D eigenvalue weighted by Crippen LogP contribution is -2.32. The molecule has 3 saturated carbocycles. The molecule has 0 bridgehead atoms. The molecule has 2 spiro atoms. The first-order chi connectivity index (χ1) is 6.87. The van der Waals surface area contributed by atoms with E-state index >= 15 is 0 Å². The first-order valence-corrected chi connectivity index (χ1v) is 6.60. The molecular weight excluding hydrogens is 170 g/mol. The van der Waals surface area contributed by atoms with Gasteiger partial charge in [-0.1, -0.05) is 6.42 Å². The third kappa shape index (κ3) is 0.856. The molecule has 0 N–H and O–H groups in total. The van der Waals surface area contributed by atoms with E-state index in [1.807, 2.05) is 0 Å². The average Bonchev–Trinajstić information content (AvgIpc) is 3.10. The Kier molecular flexibility index (Phi) is 1.38. The minimum atomic E-state index is 0.935. The quantitative estimate of drug-likeness (QED) is 0.648. The molecule has 3 aliphatic carbocycles. The molecule has 0 aromatic carbocycles. The molecule has 1 saturated heterocycles. The van der Waals surface area contributed by atoms with Crippen molar-refractivity contribution in [2.24, 2.45) is 16.7 Å². The molecular formula is C13H21N. The van der Waals surface area contributed by atoms with E-state index in [4.69, 9.17) is 0 Å². The Morgan fingerprint density at radius 3 is 1.93 bits per heavy atom. The highest BCUT2D eigenvalue weighted by Gasteiger charge is 2.85. The summed E-state index contributed by atoms with van der Waals surface area (Å²) in [6, 6.07) is 0. The van der Waals surface area contributed by atoms with E-state index in [0.29, 0.717) is 0 Å². The summed E-state index contributed by atoms with van der Waals surface area (Å²) in [5, 5.41) is 0. The van der Waals surface area contributed by atoms with Crippen molar-refractivity contribution in [1.29, 1.82) is 0 Å². The third-order valence-electron chi connectivity index (χ3n) is 5.71. The van der Waals surface area contributed by atoms with E-state index in [9.17, 15) is 0 Å². The highest BCUT2D eigenvalue weighted by atomic mass is 15.2. The summed E-state index contributed by atoms with van der Waals surface area (Å²) in [5.74, 6) is 1.15. The number of nitrogens with zero attached hydrogens (tertiary/aromatic N) is 1. The van der Waals surface area contributed by atoms with E-state index < -0.39 is 0 Å². The van der Waals surface area contributed by atoms with Gasteiger partial charge in [0.25, 0.3) is 0 Å². The number of hydrogen-bond acceptors (Lipinski definition) is 1. The molecule has 0 unspecified atom stereocenters. The summed E-state index contributed by atoms with van der Waals surface area (Å²) in [4.78, 5) is 2.77. The van der Waals surface area contributed by atoms with Gasteiger partial charge in [-0.15, -0.1) is 0 Å². The molecule has 4 aliphatic rings. The van der Waals surface area contributed by atoms with Crippen molar-refractivity contribution >= 4 is 0 Å². The lowest BCUT2D eigenvalue weighted by molar-refractivity contribution is 0.212. The monoisotopic (exact) mass is 191 g/mol. The van der Waals surface area contributed by atoms with Crippen LogP contribution in [0.5, 0.6) is 0 Å². The van der Waals surface area contributed by atoms with Crippen molar-refractivity contribution in [3.05, 3.63) is 0 Å². The van der Waals surface area contributed by atoms with Gasteiger partial charge in [0.2, 0.25) is 0 Å². The largest absolute Gasteiger partial charge is 0.303 e. The van der Waals surface area contributed by atoms with Crippen LogP contribution in [-0.2, 0) is 0 Å². The Balaban J connectivity index is 1.42. The number of rotatable bonds is 2. The van der Waals surface area contributed by atoms with E-state index in [1.54, 1.807) is 25.7 Å². The van der Waals surface area contributed by atoms with Crippen molar-refractivity contribution in [2.45, 2.75) is 44.9 Å². The first-order valence-electron chi connectivity index (χ1n) is 6.60. The zero-order valence-electron chi connectivity index (χ0n) is 9.10. The molecule has 14 heavy (non-hydrogen) atoms. The molecule has 1 aliphatic heterocycles. The molecule has 0 amide bonds. The average molecular weight is 191 g/mol. The van der Waals surface area contributed by atoms with Gasteiger partial charge in [-0.05, 0) is 68.4 Å². The molecule has 0 aromatic heterocycles. The van der Waals surface area contributed by atoms with Gasteiger partial charge < -0.3 is 4.90 Å². The molecule has 78 valence electrons. The normalized spacial score (nSPS) is 37.7. The van der Waals surface area contributed by atoms with Crippen LogP contribution >= 0.6 is 0 Å². The molecule has 0 radical (unpaired) electrons. The van der Waals surface area contributed by atoms with Crippen LogP contribution < -0.4 is 0 Å². The van der Waals surface area contributed by atoms with Crippen LogP contribution in [0.1, 0.15) is 44.9 Å². The summed E-state index contributed by atoms with van der Waals surface area (Å²) in [7, 11) is 0. The van der Waals surface area contributed by atoms with E-state index in [1.165, 1.54) is 38.9 Å². The first kappa shape index (κ1) is 8.15. The minimum absolute atomic E-state index is 0.935. The smallest absolute Gasteiger partial charge is 0.00207 e. The summed E-state index contributed by atoms with van der Waals surface area (Å²) in [5.41, 5.74) is 1.87. The SMILES string of the molecule is C1CCN(CC2C3(CC3)C23CC3)CC1. The van der Waals surface area contributed by atoms with Gasteiger partial charge in [-0.3, -0.25) is 0 Å². The maximum absolute atomic E-state index is 2.77. The molecule has 4 fully saturated rings. The Morgan fingerprint density at radius 2 is 1.43 bits per heavy atom. The van der Waals surface area contributed by atoms with Crippen molar-refractivity contribution < 1.29 is 0 Å². The van der Waals surface area contributed by atoms with Crippen molar-refractivity contribution in [3.8, 4) is 0 Å². The van der Waals surface area contributed by atoms with Crippen LogP contribution in [0.3, 0.4) is 0 Å². The molecule has 1 nitrogen and oxygen atoms in total. The van der Waals surface area contributed by atoms with Gasteiger partial charge >= 0.3 is 0 Å². The van der Waals surface area contributed by atoms with Gasteiger partial charge in [0.1, 0.15) is 0 Å². The predicted molar refractivity (Wildman–Crippen MR) is 57.1 cm³/mol. The standard InChI is InChI=1S/C13H21N/c1-2-8-14(9-3-1)10-11-12(4-5-12)13(11)6-7-13/h11H,1-10H2. The van der Waals surface area contributed by atoms with Gasteiger partial charge in [0.15, 0.2) is 0 Å². The van der Waals surface area contributed by atoms with E-state index in [2.05, 4.69) is 4.90 Å². The Labute approximate surface area is 86.9 Å². The Morgan fingerprint density at radius 1 is 0.857 bits per heavy atom. The fourth-order valence-electron chi connectivity index (χ4n) is 4.55. The second-order valence-corrected chi connectivity index (χ2v) is 6.23. The number of piperidine rings is 1. The third-order valence-corrected chi connectivity index (χ3v) is 5.71. The highest BCUT2D eigenvalue weighted by Crippen LogP contribution is 2.92. The molecule has 0 aromatic rings. The number of likely N-dealkylation sites (tertiary alicyclic amines) is 1. The van der Waals surface area contributed by atoms with Gasteiger partial charge in [0.05, 0.1) is 0 Å². The Hall–Kier alpha value is -0.0400. The van der Waals surface area contributed by atoms with Gasteiger partial charge in [-0.2, -0.15) is 0 Å². The maximum Gasteiger partial charge on any atom is 0.00207 e. The second kappa shape index (κ2) is 2.37. The summed E-state index contributed by atoms with van der Waals surface area (Å²) in [6.07, 6.45) is 10.8. The predicted octanol–water partition coefficient (Wildman–Crippen LogP) is 2.66. The Bertz CT molecular complexity index is 238. The minimum Gasteiger partial charge on any atom is -0.303 e. The topological polar surface area (TPSA) is 3.24 Å². The zero-order chi connectivity index (χ0) is 9.23. The van der Waals surface area contributed by atoms with Crippen LogP contribution in [0.2, 0.25) is 0 Å². The van der Waals surface area contributed by atoms with Crippen LogP contribution in [0, 0.1) is 16.7 Å². The summed E-state index contributed by atoms with van der Waals surface area (Å²) >= 11 is 0. The molecule has 0 atom stereocenters. The van der Waals surface area contributed by atoms with Crippen LogP contribution in [0.25, 0.3) is 0 Å². The van der Waals surface area contributed by atoms with Crippen molar-refractivity contribution in [1.82, 2.24) is 4.90 Å². The number of hydrogen-bond donors (Lipinski definition) is 0. The summed E-state index contributed by atoms with van der Waals surface area (Å²) in [6.45, 7) is 4.28. The van der Waals surface area contributed by atoms with Crippen molar-refractivity contribution in [2.75, 3.05) is 19.6 Å². The van der Waals surface area contributed by atoms with Crippen LogP contribution in [0.4, 0.5) is 0 Å². The fraction of sp³-hybridized carbons (Fsp3) is 1.00. The zero-order valence-corrected chi connectivity index (χ0v) is 9.10. The lowest BCUT2D eigenvalue weighted by atomic mass is 10.1. The molecule has 1 heterocycles. The molecule has 1 heteroatoms. The van der Waals surface area contributed by atoms with Gasteiger partial charge in [-0.25, -0.2) is 0 Å². The fourth-order valence-corrected chi connectivity index (χ4v) is 4.55. The molecule has 4 rings (SSSR count). The van der Waals surface area contributed by atoms with E-state index in [-0.39, 0.29) is 0 Å². The van der Waals surface area contributed by atoms with Gasteiger partial charge in [0, 0.05) is 6.54 Å². The highest BCUT2D eigenvalue weighted by molar-refractivity contribution is 5.34. The maximum atomic E-state index is 2.77. The second-order valence-electron chi connectivity index (χ2n) is 6.23. The van der Waals surface area contributed by atoms with Crippen LogP contribution in [-0.4, -0.2) is 24.5 Å². The van der Waals surface area contributed by atoms with Crippen LogP contribution in [0.15, 0.2) is 0 Å². The number of fused-ring (bicyclic) bond motifs is 1. The lowest BCUT2D eigenvalue weighted by Gasteiger charge is -2.26. The van der Waals surface area contributed by atoms with Crippen molar-refractivity contribution in [3.63, 3.8) is 0 Å².